The molecule has 4 rings (SSSR count). The fourth-order valence-corrected chi connectivity index (χ4v) is 8.11. The molecule has 154 valence electrons. The van der Waals surface area contributed by atoms with E-state index in [0.717, 1.165) is 50.3 Å². The van der Waals surface area contributed by atoms with Crippen LogP contribution in [0.2, 0.25) is 5.02 Å². The maximum Gasteiger partial charge on any atom is 0.151 e. The largest absolute Gasteiger partial charge is 0.302 e. The topological polar surface area (TPSA) is 54.5 Å². The predicted octanol–water partition coefficient (Wildman–Crippen LogP) is 3.87. The lowest BCUT2D eigenvalue weighted by Crippen LogP contribution is -2.50. The SMILES string of the molecule is CC(Cc1ccc(C2CCC(=O)CC2)c(Cl)c1)CN1CCC2(C1)CS(=O)(=O)C2. The van der Waals surface area contributed by atoms with Crippen molar-refractivity contribution >= 4 is 27.2 Å². The number of benzene rings is 1. The van der Waals surface area contributed by atoms with Gasteiger partial charge in [-0.05, 0) is 61.3 Å². The number of nitrogens with zero attached hydrogens (tertiary/aromatic N) is 1. The fourth-order valence-electron chi connectivity index (χ4n) is 5.50. The Hall–Kier alpha value is -0.910. The van der Waals surface area contributed by atoms with Crippen molar-refractivity contribution in [2.75, 3.05) is 31.1 Å². The summed E-state index contributed by atoms with van der Waals surface area (Å²) < 4.78 is 23.1. The van der Waals surface area contributed by atoms with Gasteiger partial charge in [0.25, 0.3) is 0 Å². The van der Waals surface area contributed by atoms with E-state index in [1.165, 1.54) is 11.1 Å². The Labute approximate surface area is 173 Å². The summed E-state index contributed by atoms with van der Waals surface area (Å²) >= 11 is 6.59. The molecule has 1 aromatic carbocycles. The van der Waals surface area contributed by atoms with E-state index in [1.54, 1.807) is 0 Å². The smallest absolute Gasteiger partial charge is 0.151 e. The quantitative estimate of drug-likeness (QED) is 0.721. The number of rotatable bonds is 5. The van der Waals surface area contributed by atoms with E-state index >= 15 is 0 Å². The molecule has 6 heteroatoms. The molecule has 3 aliphatic rings. The second-order valence-electron chi connectivity index (χ2n) is 9.50. The zero-order valence-corrected chi connectivity index (χ0v) is 18.2. The summed E-state index contributed by atoms with van der Waals surface area (Å²) in [6.07, 6.45) is 5.19. The molecule has 3 fully saturated rings. The van der Waals surface area contributed by atoms with Gasteiger partial charge in [0, 0.05) is 36.4 Å². The Morgan fingerprint density at radius 2 is 1.96 bits per heavy atom. The molecule has 1 aromatic rings. The summed E-state index contributed by atoms with van der Waals surface area (Å²) in [5.74, 6) is 2.06. The summed E-state index contributed by atoms with van der Waals surface area (Å²) in [4.78, 5) is 13.9. The molecule has 2 heterocycles. The van der Waals surface area contributed by atoms with E-state index < -0.39 is 9.84 Å². The van der Waals surface area contributed by atoms with Gasteiger partial charge < -0.3 is 4.90 Å². The summed E-state index contributed by atoms with van der Waals surface area (Å²) in [7, 11) is -2.76. The van der Waals surface area contributed by atoms with Crippen LogP contribution in [0.5, 0.6) is 0 Å². The van der Waals surface area contributed by atoms with E-state index in [0.29, 0.717) is 42.0 Å². The lowest BCUT2D eigenvalue weighted by molar-refractivity contribution is -0.120. The Kier molecular flexibility index (Phi) is 5.62. The van der Waals surface area contributed by atoms with Gasteiger partial charge in [-0.25, -0.2) is 8.42 Å². The van der Waals surface area contributed by atoms with Gasteiger partial charge in [-0.1, -0.05) is 30.7 Å². The molecular formula is C22H30ClNO3S. The van der Waals surface area contributed by atoms with Crippen LogP contribution < -0.4 is 0 Å². The van der Waals surface area contributed by atoms with Crippen molar-refractivity contribution < 1.29 is 13.2 Å². The van der Waals surface area contributed by atoms with Crippen molar-refractivity contribution in [3.05, 3.63) is 34.3 Å². The highest BCUT2D eigenvalue weighted by Crippen LogP contribution is 2.41. The second kappa shape index (κ2) is 7.73. The van der Waals surface area contributed by atoms with Crippen molar-refractivity contribution in [3.63, 3.8) is 0 Å². The molecule has 0 bridgehead atoms. The maximum atomic E-state index is 11.6. The van der Waals surface area contributed by atoms with Crippen LogP contribution in [0.3, 0.4) is 0 Å². The van der Waals surface area contributed by atoms with E-state index in [1.807, 2.05) is 0 Å². The molecule has 1 unspecified atom stereocenters. The minimum Gasteiger partial charge on any atom is -0.302 e. The lowest BCUT2D eigenvalue weighted by Gasteiger charge is -2.37. The number of hydrogen-bond acceptors (Lipinski definition) is 4. The highest BCUT2D eigenvalue weighted by molar-refractivity contribution is 7.92. The van der Waals surface area contributed by atoms with Gasteiger partial charge in [0.1, 0.15) is 5.78 Å². The highest BCUT2D eigenvalue weighted by Gasteiger charge is 2.51. The minimum atomic E-state index is -2.76. The van der Waals surface area contributed by atoms with Crippen molar-refractivity contribution in [3.8, 4) is 0 Å². The molecule has 0 aromatic heterocycles. The lowest BCUT2D eigenvalue weighted by atomic mass is 9.83. The minimum absolute atomic E-state index is 0.0465. The third-order valence-corrected chi connectivity index (χ3v) is 9.20. The van der Waals surface area contributed by atoms with Crippen LogP contribution >= 0.6 is 11.6 Å². The molecule has 1 spiro atoms. The van der Waals surface area contributed by atoms with Crippen LogP contribution in [0.15, 0.2) is 18.2 Å². The molecule has 4 nitrogen and oxygen atoms in total. The molecule has 2 saturated heterocycles. The van der Waals surface area contributed by atoms with Gasteiger partial charge in [-0.15, -0.1) is 0 Å². The van der Waals surface area contributed by atoms with E-state index in [4.69, 9.17) is 11.6 Å². The van der Waals surface area contributed by atoms with Crippen LogP contribution in [0, 0.1) is 11.3 Å². The summed E-state index contributed by atoms with van der Waals surface area (Å²) in [6, 6.07) is 6.46. The fraction of sp³-hybridized carbons (Fsp3) is 0.682. The monoisotopic (exact) mass is 423 g/mol. The number of halogens is 1. The average molecular weight is 424 g/mol. The van der Waals surface area contributed by atoms with Crippen LogP contribution in [-0.4, -0.2) is 50.2 Å². The Morgan fingerprint density at radius 3 is 2.61 bits per heavy atom. The molecule has 1 atom stereocenters. The number of sulfone groups is 1. The Bertz CT molecular complexity index is 845. The third-order valence-electron chi connectivity index (χ3n) is 6.77. The maximum absolute atomic E-state index is 11.6. The molecule has 0 N–H and O–H groups in total. The van der Waals surface area contributed by atoms with Crippen LogP contribution in [0.25, 0.3) is 0 Å². The first-order valence-electron chi connectivity index (χ1n) is 10.5. The zero-order valence-electron chi connectivity index (χ0n) is 16.6. The third kappa shape index (κ3) is 4.47. The predicted molar refractivity (Wildman–Crippen MR) is 113 cm³/mol. The van der Waals surface area contributed by atoms with Gasteiger partial charge in [0.05, 0.1) is 11.5 Å². The first-order chi connectivity index (χ1) is 13.2. The molecule has 1 saturated carbocycles. The van der Waals surface area contributed by atoms with Crippen molar-refractivity contribution in [2.24, 2.45) is 11.3 Å². The Balaban J connectivity index is 1.31. The first kappa shape index (κ1) is 20.4. The van der Waals surface area contributed by atoms with Crippen molar-refractivity contribution in [1.29, 1.82) is 0 Å². The summed E-state index contributed by atoms with van der Waals surface area (Å²) in [5, 5.41) is 0.837. The molecule has 0 radical (unpaired) electrons. The van der Waals surface area contributed by atoms with Gasteiger partial charge in [0.15, 0.2) is 9.84 Å². The van der Waals surface area contributed by atoms with E-state index in [9.17, 15) is 13.2 Å². The summed E-state index contributed by atoms with van der Waals surface area (Å²) in [6.45, 7) is 5.21. The van der Waals surface area contributed by atoms with Crippen LogP contribution in [0.4, 0.5) is 0 Å². The number of hydrogen-bond donors (Lipinski definition) is 0. The standard InChI is InChI=1S/C22H30ClNO3S/c1-16(12-24-9-8-22(13-24)14-28(26,27)15-22)10-17-2-7-20(21(23)11-17)18-3-5-19(25)6-4-18/h2,7,11,16,18H,3-6,8-10,12-15H2,1H3. The highest BCUT2D eigenvalue weighted by atomic mass is 35.5. The molecular weight excluding hydrogens is 394 g/mol. The second-order valence-corrected chi connectivity index (χ2v) is 12.0. The van der Waals surface area contributed by atoms with Gasteiger partial charge in [-0.3, -0.25) is 4.79 Å². The number of ketones is 1. The van der Waals surface area contributed by atoms with Crippen molar-refractivity contribution in [2.45, 2.75) is 51.4 Å². The normalized spacial score (nSPS) is 25.7. The van der Waals surface area contributed by atoms with Gasteiger partial charge in [0.2, 0.25) is 0 Å². The van der Waals surface area contributed by atoms with Crippen LogP contribution in [-0.2, 0) is 21.1 Å². The molecule has 28 heavy (non-hydrogen) atoms. The molecule has 1 aliphatic carbocycles. The van der Waals surface area contributed by atoms with Crippen LogP contribution in [0.1, 0.15) is 56.1 Å². The number of carbonyl (C=O) groups excluding carboxylic acids is 1. The zero-order chi connectivity index (χ0) is 19.9. The van der Waals surface area contributed by atoms with Crippen molar-refractivity contribution in [1.82, 2.24) is 4.90 Å². The first-order valence-corrected chi connectivity index (χ1v) is 12.7. The number of carbonyl (C=O) groups is 1. The van der Waals surface area contributed by atoms with Gasteiger partial charge >= 0.3 is 0 Å². The van der Waals surface area contributed by atoms with Gasteiger partial charge in [-0.2, -0.15) is 0 Å². The number of Topliss-reactive ketones (excluding diaryl/α,β-unsaturated/α-hetero) is 1. The average Bonchev–Trinajstić information content (AvgIpc) is 2.97. The van der Waals surface area contributed by atoms with E-state index in [-0.39, 0.29) is 5.41 Å². The van der Waals surface area contributed by atoms with E-state index in [2.05, 4.69) is 30.0 Å². The molecule has 0 amide bonds. The molecule has 2 aliphatic heterocycles. The Morgan fingerprint density at radius 1 is 1.25 bits per heavy atom. The number of likely N-dealkylation sites (tertiary alicyclic amines) is 1. The summed E-state index contributed by atoms with van der Waals surface area (Å²) in [5.41, 5.74) is 2.50.